The Morgan fingerprint density at radius 2 is 1.84 bits per heavy atom. The van der Waals surface area contributed by atoms with E-state index >= 15 is 0 Å². The van der Waals surface area contributed by atoms with Crippen molar-refractivity contribution in [3.05, 3.63) is 72.8 Å². The van der Waals surface area contributed by atoms with Gasteiger partial charge < -0.3 is 5.11 Å². The van der Waals surface area contributed by atoms with E-state index in [1.54, 1.807) is 24.8 Å². The number of carbonyl (C=O) groups excluding carboxylic acids is 1. The third-order valence-corrected chi connectivity index (χ3v) is 8.12. The lowest BCUT2D eigenvalue weighted by Gasteiger charge is -2.47. The number of hydrogen-bond donors (Lipinski definition) is 1. The number of pyridine rings is 2. The van der Waals surface area contributed by atoms with Crippen LogP contribution >= 0.6 is 11.6 Å². The number of aliphatic carboxylic acids is 1. The van der Waals surface area contributed by atoms with Gasteiger partial charge in [-0.3, -0.25) is 24.3 Å². The number of fused-ring (bicyclic) bond motifs is 1. The lowest BCUT2D eigenvalue weighted by molar-refractivity contribution is -0.138. The largest absolute Gasteiger partial charge is 0.480 e. The van der Waals surface area contributed by atoms with E-state index in [1.165, 1.54) is 0 Å². The molecule has 0 radical (unpaired) electrons. The third-order valence-electron chi connectivity index (χ3n) is 7.72. The zero-order chi connectivity index (χ0) is 26.3. The number of aromatic nitrogens is 4. The lowest BCUT2D eigenvalue weighted by atomic mass is 9.58. The van der Waals surface area contributed by atoms with Crippen molar-refractivity contribution in [1.82, 2.24) is 19.5 Å². The molecular weight excluding hydrogens is 502 g/mol. The van der Waals surface area contributed by atoms with Crippen LogP contribution in [0.1, 0.15) is 37.7 Å². The molecular formula is C29H26ClN5O3. The number of hydrogen-bond acceptors (Lipinski definition) is 6. The van der Waals surface area contributed by atoms with Crippen molar-refractivity contribution in [3.8, 4) is 17.1 Å². The molecule has 8 nitrogen and oxygen atoms in total. The summed E-state index contributed by atoms with van der Waals surface area (Å²) in [5, 5.41) is 9.16. The molecule has 2 aliphatic rings. The van der Waals surface area contributed by atoms with Crippen LogP contribution in [0, 0.1) is 5.41 Å². The van der Waals surface area contributed by atoms with E-state index in [9.17, 15) is 14.7 Å². The Hall–Kier alpha value is -3.91. The number of ketones is 1. The summed E-state index contributed by atoms with van der Waals surface area (Å²) in [4.78, 5) is 42.6. The van der Waals surface area contributed by atoms with Gasteiger partial charge >= 0.3 is 5.97 Å². The van der Waals surface area contributed by atoms with Crippen LogP contribution in [0.5, 0.6) is 0 Å². The fourth-order valence-corrected chi connectivity index (χ4v) is 6.22. The van der Waals surface area contributed by atoms with E-state index in [-0.39, 0.29) is 12.2 Å². The second kappa shape index (κ2) is 9.76. The van der Waals surface area contributed by atoms with Gasteiger partial charge in [0.25, 0.3) is 0 Å². The molecule has 9 heteroatoms. The summed E-state index contributed by atoms with van der Waals surface area (Å²) in [7, 11) is 0. The van der Waals surface area contributed by atoms with E-state index in [2.05, 4.69) is 15.0 Å². The number of Topliss-reactive ketones (excluding diaryl/α,β-unsaturated/α-hetero) is 1. The highest BCUT2D eigenvalue weighted by Crippen LogP contribution is 2.49. The van der Waals surface area contributed by atoms with Gasteiger partial charge in [-0.15, -0.1) is 11.6 Å². The minimum absolute atomic E-state index is 0.00159. The monoisotopic (exact) mass is 527 g/mol. The average Bonchev–Trinajstić information content (AvgIpc) is 3.35. The highest BCUT2D eigenvalue weighted by atomic mass is 35.5. The molecule has 2 saturated carbocycles. The van der Waals surface area contributed by atoms with E-state index in [1.807, 2.05) is 47.0 Å². The first-order valence-corrected chi connectivity index (χ1v) is 13.2. The molecule has 0 amide bonds. The molecule has 1 N–H and O–H groups in total. The molecule has 0 aliphatic heterocycles. The smallest absolute Gasteiger partial charge is 0.328 e. The number of imidazole rings is 1. The number of carboxylic acids is 1. The van der Waals surface area contributed by atoms with Gasteiger partial charge in [-0.25, -0.2) is 9.78 Å². The molecule has 2 aliphatic carbocycles. The molecule has 38 heavy (non-hydrogen) atoms. The summed E-state index contributed by atoms with van der Waals surface area (Å²) < 4.78 is 2.04. The fraction of sp³-hybridized carbons (Fsp3) is 0.310. The second-order valence-corrected chi connectivity index (χ2v) is 10.4. The topological polar surface area (TPSA) is 110 Å². The Kier molecular flexibility index (Phi) is 6.27. The summed E-state index contributed by atoms with van der Waals surface area (Å²) in [6.07, 6.45) is 11.5. The van der Waals surface area contributed by atoms with E-state index in [4.69, 9.17) is 16.6 Å². The SMILES string of the molecule is O=C(O)[C@H](Cc1ccc(-n2c(-c3cccnc3)nc3cnccc32)cc1)N=C1C(Cl)C(=O)C12CCCCC2. The summed E-state index contributed by atoms with van der Waals surface area (Å²) >= 11 is 6.34. The van der Waals surface area contributed by atoms with Crippen LogP contribution in [0.4, 0.5) is 0 Å². The highest BCUT2D eigenvalue weighted by molar-refractivity contribution is 6.54. The number of carboxylic acid groups (broad SMARTS) is 1. The number of carbonyl (C=O) groups is 2. The zero-order valence-electron chi connectivity index (χ0n) is 20.6. The number of benzene rings is 1. The fourth-order valence-electron chi connectivity index (χ4n) is 5.75. The van der Waals surface area contributed by atoms with Crippen LogP contribution in [-0.4, -0.2) is 53.5 Å². The van der Waals surface area contributed by atoms with Gasteiger partial charge in [-0.2, -0.15) is 0 Å². The Bertz CT molecular complexity index is 1540. The van der Waals surface area contributed by atoms with Gasteiger partial charge in [0.2, 0.25) is 0 Å². The number of halogens is 1. The van der Waals surface area contributed by atoms with Gasteiger partial charge in [0.05, 0.1) is 22.8 Å². The first-order chi connectivity index (χ1) is 18.5. The van der Waals surface area contributed by atoms with Crippen molar-refractivity contribution in [2.24, 2.45) is 10.4 Å². The molecule has 2 fully saturated rings. The van der Waals surface area contributed by atoms with Gasteiger partial charge in [-0.1, -0.05) is 31.4 Å². The van der Waals surface area contributed by atoms with Gasteiger partial charge in [0.1, 0.15) is 16.7 Å². The lowest BCUT2D eigenvalue weighted by Crippen LogP contribution is -2.61. The number of nitrogens with zero attached hydrogens (tertiary/aromatic N) is 5. The van der Waals surface area contributed by atoms with Gasteiger partial charge in [-0.05, 0) is 48.7 Å². The molecule has 2 atom stereocenters. The van der Waals surface area contributed by atoms with Crippen molar-refractivity contribution >= 4 is 40.1 Å². The van der Waals surface area contributed by atoms with Crippen molar-refractivity contribution in [2.45, 2.75) is 49.9 Å². The number of alkyl halides is 1. The molecule has 1 spiro atoms. The quantitative estimate of drug-likeness (QED) is 0.351. The second-order valence-electron chi connectivity index (χ2n) is 9.99. The minimum atomic E-state index is -1.03. The Labute approximate surface area is 224 Å². The minimum Gasteiger partial charge on any atom is -0.480 e. The van der Waals surface area contributed by atoms with Crippen molar-refractivity contribution in [2.75, 3.05) is 0 Å². The summed E-state index contributed by atoms with van der Waals surface area (Å²) in [6.45, 7) is 0. The average molecular weight is 528 g/mol. The van der Waals surface area contributed by atoms with Crippen molar-refractivity contribution in [1.29, 1.82) is 0 Å². The molecule has 6 rings (SSSR count). The van der Waals surface area contributed by atoms with Crippen LogP contribution in [0.25, 0.3) is 28.1 Å². The standard InChI is InChI=1S/C29H26ClN5O3/c30-24-25(29(26(24)36)11-2-1-3-12-29)33-21(28(37)38)15-18-6-8-20(9-7-18)35-23-10-14-32-17-22(23)34-27(35)19-5-4-13-31-16-19/h4-10,13-14,16-17,21,24H,1-3,11-12,15H2,(H,37,38)/t21-,24?/m0/s1. The van der Waals surface area contributed by atoms with Crippen LogP contribution in [0.2, 0.25) is 0 Å². The molecule has 1 unspecified atom stereocenters. The first-order valence-electron chi connectivity index (χ1n) is 12.8. The first kappa shape index (κ1) is 24.4. The Morgan fingerprint density at radius 3 is 2.55 bits per heavy atom. The maximum absolute atomic E-state index is 12.7. The van der Waals surface area contributed by atoms with Crippen molar-refractivity contribution in [3.63, 3.8) is 0 Å². The molecule has 4 aromatic rings. The van der Waals surface area contributed by atoms with Crippen LogP contribution in [0.3, 0.4) is 0 Å². The third kappa shape index (κ3) is 4.09. The predicted molar refractivity (Wildman–Crippen MR) is 145 cm³/mol. The van der Waals surface area contributed by atoms with E-state index < -0.39 is 22.8 Å². The normalized spacial score (nSPS) is 20.5. The van der Waals surface area contributed by atoms with Crippen LogP contribution < -0.4 is 0 Å². The molecule has 0 bridgehead atoms. The number of rotatable bonds is 6. The van der Waals surface area contributed by atoms with Gasteiger partial charge in [0, 0.05) is 36.3 Å². The molecule has 3 aromatic heterocycles. The highest BCUT2D eigenvalue weighted by Gasteiger charge is 2.58. The maximum Gasteiger partial charge on any atom is 0.328 e. The Balaban J connectivity index is 1.31. The molecule has 1 aromatic carbocycles. The predicted octanol–water partition coefficient (Wildman–Crippen LogP) is 5.06. The summed E-state index contributed by atoms with van der Waals surface area (Å²) in [5.74, 6) is -0.287. The van der Waals surface area contributed by atoms with Crippen molar-refractivity contribution < 1.29 is 14.7 Å². The van der Waals surface area contributed by atoms with Crippen LogP contribution in [0.15, 0.2) is 72.2 Å². The molecule has 0 saturated heterocycles. The van der Waals surface area contributed by atoms with E-state index in [0.29, 0.717) is 18.6 Å². The van der Waals surface area contributed by atoms with Gasteiger partial charge in [0.15, 0.2) is 11.8 Å². The maximum atomic E-state index is 12.7. The summed E-state index contributed by atoms with van der Waals surface area (Å²) in [5.41, 5.74) is 4.16. The molecule has 3 heterocycles. The Morgan fingerprint density at radius 1 is 1.08 bits per heavy atom. The molecule has 192 valence electrons. The zero-order valence-corrected chi connectivity index (χ0v) is 21.4. The van der Waals surface area contributed by atoms with Crippen LogP contribution in [-0.2, 0) is 16.0 Å². The van der Waals surface area contributed by atoms with E-state index in [0.717, 1.165) is 52.9 Å². The number of aliphatic imine (C=N–C) groups is 1. The summed E-state index contributed by atoms with van der Waals surface area (Å²) in [6, 6.07) is 12.4.